The van der Waals surface area contributed by atoms with Crippen LogP contribution < -0.4 is 13.8 Å². The summed E-state index contributed by atoms with van der Waals surface area (Å²) >= 11 is 0. The molecule has 0 amide bonds. The maximum atomic E-state index is 13.5. The van der Waals surface area contributed by atoms with Gasteiger partial charge in [-0.25, -0.2) is 13.2 Å². The zero-order valence-electron chi connectivity index (χ0n) is 15.8. The fourth-order valence-corrected chi connectivity index (χ4v) is 4.86. The number of hydrogen-bond donors (Lipinski definition) is 0. The summed E-state index contributed by atoms with van der Waals surface area (Å²) in [5, 5.41) is 0. The molecule has 1 aliphatic heterocycles. The predicted molar refractivity (Wildman–Crippen MR) is 105 cm³/mol. The Hall–Kier alpha value is -3.00. The van der Waals surface area contributed by atoms with Crippen LogP contribution in [0.3, 0.4) is 0 Å². The lowest BCUT2D eigenvalue weighted by Gasteiger charge is -2.22. The summed E-state index contributed by atoms with van der Waals surface area (Å²) in [7, 11) is 0.162. The molecule has 0 bridgehead atoms. The molecule has 8 heteroatoms. The number of para-hydroxylation sites is 1. The van der Waals surface area contributed by atoms with E-state index in [1.54, 1.807) is 18.2 Å². The minimum absolute atomic E-state index is 0.0319. The van der Waals surface area contributed by atoms with E-state index < -0.39 is 16.0 Å². The minimum atomic E-state index is -3.92. The average Bonchev–Trinajstić information content (AvgIpc) is 3.16. The molecule has 0 spiro atoms. The Bertz CT molecular complexity index is 1030. The van der Waals surface area contributed by atoms with Crippen molar-refractivity contribution >= 4 is 27.8 Å². The summed E-state index contributed by atoms with van der Waals surface area (Å²) < 4.78 is 43.6. The van der Waals surface area contributed by atoms with Crippen molar-refractivity contribution < 1.29 is 27.4 Å². The number of ether oxygens (including phenoxy) is 3. The predicted octanol–water partition coefficient (Wildman–Crippen LogP) is 2.64. The molecule has 0 fully saturated rings. The quantitative estimate of drug-likeness (QED) is 0.545. The Morgan fingerprint density at radius 2 is 1.86 bits per heavy atom. The third-order valence-electron chi connectivity index (χ3n) is 4.49. The van der Waals surface area contributed by atoms with Crippen molar-refractivity contribution in [2.45, 2.75) is 11.3 Å². The van der Waals surface area contributed by atoms with E-state index in [1.165, 1.54) is 43.9 Å². The number of hydrogen-bond acceptors (Lipinski definition) is 6. The number of benzene rings is 2. The van der Waals surface area contributed by atoms with Crippen LogP contribution in [0.2, 0.25) is 0 Å². The second-order valence-corrected chi connectivity index (χ2v) is 7.90. The standard InChI is InChI=1S/C20H21NO6S/c1-25-17-12-14(8-9-19(22)26-2)13-18(20(17)27-3)28(23,24)21-11-10-15-6-4-5-7-16(15)21/h4-9,12-13H,10-11H2,1-3H3. The summed E-state index contributed by atoms with van der Waals surface area (Å²) in [6, 6.07) is 10.4. The lowest BCUT2D eigenvalue weighted by Crippen LogP contribution is -2.29. The number of carbonyl (C=O) groups is 1. The number of nitrogens with zero attached hydrogens (tertiary/aromatic N) is 1. The van der Waals surface area contributed by atoms with E-state index in [1.807, 2.05) is 12.1 Å². The normalized spacial score (nSPS) is 13.5. The first kappa shape index (κ1) is 19.8. The number of rotatable bonds is 6. The Kier molecular flexibility index (Phi) is 5.60. The van der Waals surface area contributed by atoms with Crippen molar-refractivity contribution in [3.8, 4) is 11.5 Å². The number of methoxy groups -OCH3 is 3. The van der Waals surface area contributed by atoms with Crippen molar-refractivity contribution in [3.05, 3.63) is 53.6 Å². The van der Waals surface area contributed by atoms with Crippen LogP contribution in [0.25, 0.3) is 6.08 Å². The summed E-state index contributed by atoms with van der Waals surface area (Å²) in [6.45, 7) is 0.343. The Morgan fingerprint density at radius 3 is 2.54 bits per heavy atom. The SMILES string of the molecule is COC(=O)C=Cc1cc(OC)c(OC)c(S(=O)(=O)N2CCc3ccccc32)c1. The molecule has 2 aromatic carbocycles. The highest BCUT2D eigenvalue weighted by atomic mass is 32.2. The van der Waals surface area contributed by atoms with E-state index in [4.69, 9.17) is 9.47 Å². The Balaban J connectivity index is 2.14. The summed E-state index contributed by atoms with van der Waals surface area (Å²) in [5.74, 6) is -0.185. The average molecular weight is 403 g/mol. The van der Waals surface area contributed by atoms with Gasteiger partial charge in [0.15, 0.2) is 11.5 Å². The number of esters is 1. The first-order chi connectivity index (χ1) is 13.4. The largest absolute Gasteiger partial charge is 0.493 e. The lowest BCUT2D eigenvalue weighted by atomic mass is 10.2. The monoisotopic (exact) mass is 403 g/mol. The number of sulfonamides is 1. The van der Waals surface area contributed by atoms with Crippen LogP contribution in [-0.4, -0.2) is 42.3 Å². The maximum absolute atomic E-state index is 13.5. The summed E-state index contributed by atoms with van der Waals surface area (Å²) in [6.07, 6.45) is 3.31. The zero-order chi connectivity index (χ0) is 20.3. The van der Waals surface area contributed by atoms with Crippen molar-refractivity contribution in [3.63, 3.8) is 0 Å². The fraction of sp³-hybridized carbons (Fsp3) is 0.250. The number of fused-ring (bicyclic) bond motifs is 1. The highest BCUT2D eigenvalue weighted by molar-refractivity contribution is 7.93. The molecule has 0 aromatic heterocycles. The molecule has 148 valence electrons. The van der Waals surface area contributed by atoms with Crippen LogP contribution >= 0.6 is 0 Å². The lowest BCUT2D eigenvalue weighted by molar-refractivity contribution is -0.134. The van der Waals surface area contributed by atoms with E-state index in [9.17, 15) is 13.2 Å². The molecule has 0 unspecified atom stereocenters. The van der Waals surface area contributed by atoms with Gasteiger partial charge in [-0.05, 0) is 41.8 Å². The van der Waals surface area contributed by atoms with Gasteiger partial charge >= 0.3 is 5.97 Å². The highest BCUT2D eigenvalue weighted by Crippen LogP contribution is 2.40. The third-order valence-corrected chi connectivity index (χ3v) is 6.31. The fourth-order valence-electron chi connectivity index (χ4n) is 3.15. The summed E-state index contributed by atoms with van der Waals surface area (Å²) in [5.41, 5.74) is 2.09. The first-order valence-corrected chi connectivity index (χ1v) is 9.99. The van der Waals surface area contributed by atoms with Crippen LogP contribution in [-0.2, 0) is 26.0 Å². The molecule has 7 nitrogen and oxygen atoms in total. The molecule has 0 saturated carbocycles. The van der Waals surface area contributed by atoms with Gasteiger partial charge in [0.1, 0.15) is 4.90 Å². The Morgan fingerprint density at radius 1 is 1.11 bits per heavy atom. The summed E-state index contributed by atoms with van der Waals surface area (Å²) in [4.78, 5) is 11.4. The minimum Gasteiger partial charge on any atom is -0.493 e. The van der Waals surface area contributed by atoms with Gasteiger partial charge in [-0.3, -0.25) is 4.31 Å². The van der Waals surface area contributed by atoms with E-state index in [2.05, 4.69) is 4.74 Å². The topological polar surface area (TPSA) is 82.1 Å². The van der Waals surface area contributed by atoms with E-state index in [0.717, 1.165) is 5.56 Å². The van der Waals surface area contributed by atoms with Crippen LogP contribution in [0.1, 0.15) is 11.1 Å². The van der Waals surface area contributed by atoms with Crippen LogP contribution in [0.15, 0.2) is 47.4 Å². The van der Waals surface area contributed by atoms with Crippen molar-refractivity contribution in [2.24, 2.45) is 0 Å². The third kappa shape index (κ3) is 3.55. The maximum Gasteiger partial charge on any atom is 0.330 e. The van der Waals surface area contributed by atoms with Gasteiger partial charge in [-0.15, -0.1) is 0 Å². The van der Waals surface area contributed by atoms with Crippen molar-refractivity contribution in [1.82, 2.24) is 0 Å². The Labute approximate surface area is 164 Å². The molecule has 1 heterocycles. The molecular weight excluding hydrogens is 382 g/mol. The van der Waals surface area contributed by atoms with Gasteiger partial charge < -0.3 is 14.2 Å². The molecule has 0 N–H and O–H groups in total. The van der Waals surface area contributed by atoms with E-state index in [0.29, 0.717) is 24.2 Å². The second kappa shape index (κ2) is 7.93. The van der Waals surface area contributed by atoms with Gasteiger partial charge in [0.2, 0.25) is 0 Å². The highest BCUT2D eigenvalue weighted by Gasteiger charge is 2.34. The van der Waals surface area contributed by atoms with Gasteiger partial charge in [-0.1, -0.05) is 18.2 Å². The molecule has 1 aliphatic rings. The van der Waals surface area contributed by atoms with E-state index >= 15 is 0 Å². The van der Waals surface area contributed by atoms with Crippen molar-refractivity contribution in [1.29, 1.82) is 0 Å². The molecule has 3 rings (SSSR count). The molecule has 0 atom stereocenters. The van der Waals surface area contributed by atoms with Crippen LogP contribution in [0, 0.1) is 0 Å². The second-order valence-electron chi connectivity index (χ2n) is 6.07. The molecule has 0 saturated heterocycles. The smallest absolute Gasteiger partial charge is 0.330 e. The van der Waals surface area contributed by atoms with Gasteiger partial charge in [0.05, 0.1) is 27.0 Å². The zero-order valence-corrected chi connectivity index (χ0v) is 16.7. The number of carbonyl (C=O) groups excluding carboxylic acids is 1. The molecular formula is C20H21NO6S. The molecule has 28 heavy (non-hydrogen) atoms. The molecule has 0 radical (unpaired) electrons. The van der Waals surface area contributed by atoms with Crippen molar-refractivity contribution in [2.75, 3.05) is 32.2 Å². The van der Waals surface area contributed by atoms with Gasteiger partial charge in [-0.2, -0.15) is 0 Å². The van der Waals surface area contributed by atoms with Gasteiger partial charge in [0.25, 0.3) is 10.0 Å². The first-order valence-electron chi connectivity index (χ1n) is 8.55. The van der Waals surface area contributed by atoms with Crippen LogP contribution in [0.5, 0.6) is 11.5 Å². The van der Waals surface area contributed by atoms with E-state index in [-0.39, 0.29) is 16.4 Å². The molecule has 0 aliphatic carbocycles. The molecule has 2 aromatic rings. The number of anilines is 1. The van der Waals surface area contributed by atoms with Crippen LogP contribution in [0.4, 0.5) is 5.69 Å². The van der Waals surface area contributed by atoms with Gasteiger partial charge in [0, 0.05) is 12.6 Å².